The lowest BCUT2D eigenvalue weighted by molar-refractivity contribution is -0.124. The molecular formula is C19H20ClFN2O2. The van der Waals surface area contributed by atoms with Crippen LogP contribution in [0, 0.1) is 11.7 Å². The van der Waals surface area contributed by atoms with Crippen molar-refractivity contribution in [1.82, 2.24) is 10.6 Å². The summed E-state index contributed by atoms with van der Waals surface area (Å²) < 4.78 is 13.0. The third-order valence-electron chi connectivity index (χ3n) is 3.70. The van der Waals surface area contributed by atoms with E-state index in [2.05, 4.69) is 10.6 Å². The first-order valence-corrected chi connectivity index (χ1v) is 8.33. The van der Waals surface area contributed by atoms with Gasteiger partial charge in [-0.05, 0) is 47.9 Å². The molecule has 2 N–H and O–H groups in total. The lowest BCUT2D eigenvalue weighted by Gasteiger charge is -2.22. The van der Waals surface area contributed by atoms with Crippen molar-refractivity contribution in [3.8, 4) is 0 Å². The lowest BCUT2D eigenvalue weighted by atomic mass is 10.0. The normalized spacial score (nSPS) is 11.9. The van der Waals surface area contributed by atoms with Crippen LogP contribution in [0.5, 0.6) is 0 Å². The minimum atomic E-state index is -0.697. The van der Waals surface area contributed by atoms with Crippen molar-refractivity contribution < 1.29 is 14.0 Å². The highest BCUT2D eigenvalue weighted by molar-refractivity contribution is 6.30. The van der Waals surface area contributed by atoms with E-state index in [4.69, 9.17) is 11.6 Å². The van der Waals surface area contributed by atoms with Gasteiger partial charge in [0.05, 0.1) is 0 Å². The Hall–Kier alpha value is -2.40. The van der Waals surface area contributed by atoms with E-state index >= 15 is 0 Å². The second kappa shape index (κ2) is 8.62. The van der Waals surface area contributed by atoms with Crippen LogP contribution in [0.2, 0.25) is 5.02 Å². The predicted molar refractivity (Wildman–Crippen MR) is 95.8 cm³/mol. The molecule has 1 atom stereocenters. The maximum absolute atomic E-state index is 13.0. The summed E-state index contributed by atoms with van der Waals surface area (Å²) in [5.41, 5.74) is 1.17. The average Bonchev–Trinajstić information content (AvgIpc) is 2.57. The molecule has 1 unspecified atom stereocenters. The van der Waals surface area contributed by atoms with Crippen LogP contribution in [0.4, 0.5) is 4.39 Å². The Bertz CT molecular complexity index is 747. The van der Waals surface area contributed by atoms with Gasteiger partial charge in [0.1, 0.15) is 11.9 Å². The lowest BCUT2D eigenvalue weighted by Crippen LogP contribution is -2.49. The summed E-state index contributed by atoms with van der Waals surface area (Å²) in [5.74, 6) is -1.23. The predicted octanol–water partition coefficient (Wildman–Crippen LogP) is 3.55. The topological polar surface area (TPSA) is 58.2 Å². The molecule has 25 heavy (non-hydrogen) atoms. The van der Waals surface area contributed by atoms with Gasteiger partial charge >= 0.3 is 0 Å². The van der Waals surface area contributed by atoms with Crippen molar-refractivity contribution in [3.05, 3.63) is 70.5 Å². The first-order chi connectivity index (χ1) is 11.9. The molecule has 4 nitrogen and oxygen atoms in total. The number of halogens is 2. The Morgan fingerprint density at radius 3 is 2.40 bits per heavy atom. The SMILES string of the molecule is CC(C)C(NC(=O)c1ccc(F)cc1)C(=O)NCc1cccc(Cl)c1. The molecule has 2 amide bonds. The third-order valence-corrected chi connectivity index (χ3v) is 3.93. The second-order valence-electron chi connectivity index (χ2n) is 6.05. The molecule has 0 saturated heterocycles. The highest BCUT2D eigenvalue weighted by atomic mass is 35.5. The molecule has 0 bridgehead atoms. The first-order valence-electron chi connectivity index (χ1n) is 7.95. The number of carbonyl (C=O) groups is 2. The summed E-state index contributed by atoms with van der Waals surface area (Å²) in [6.07, 6.45) is 0. The Morgan fingerprint density at radius 1 is 1.12 bits per heavy atom. The van der Waals surface area contributed by atoms with Crippen molar-refractivity contribution >= 4 is 23.4 Å². The van der Waals surface area contributed by atoms with Crippen LogP contribution >= 0.6 is 11.6 Å². The molecule has 0 aliphatic carbocycles. The molecule has 2 aromatic rings. The zero-order valence-electron chi connectivity index (χ0n) is 14.1. The van der Waals surface area contributed by atoms with Crippen LogP contribution in [0.25, 0.3) is 0 Å². The molecule has 0 heterocycles. The zero-order valence-corrected chi connectivity index (χ0v) is 14.8. The summed E-state index contributed by atoms with van der Waals surface area (Å²) in [6.45, 7) is 4.00. The van der Waals surface area contributed by atoms with E-state index in [1.807, 2.05) is 19.9 Å². The average molecular weight is 363 g/mol. The molecule has 2 aromatic carbocycles. The van der Waals surface area contributed by atoms with Gasteiger partial charge in [0, 0.05) is 17.1 Å². The van der Waals surface area contributed by atoms with Crippen LogP contribution in [-0.4, -0.2) is 17.9 Å². The molecule has 0 radical (unpaired) electrons. The van der Waals surface area contributed by atoms with Crippen molar-refractivity contribution in [2.75, 3.05) is 0 Å². The Balaban J connectivity index is 2.00. The number of carbonyl (C=O) groups excluding carboxylic acids is 2. The summed E-state index contributed by atoms with van der Waals surface area (Å²) in [4.78, 5) is 24.7. The molecule has 0 aliphatic rings. The Labute approximate surface area is 151 Å². The monoisotopic (exact) mass is 362 g/mol. The fraction of sp³-hybridized carbons (Fsp3) is 0.263. The summed E-state index contributed by atoms with van der Waals surface area (Å²) in [6, 6.07) is 11.7. The van der Waals surface area contributed by atoms with Gasteiger partial charge in [-0.3, -0.25) is 9.59 Å². The van der Waals surface area contributed by atoms with Gasteiger partial charge in [0.15, 0.2) is 0 Å². The number of hydrogen-bond acceptors (Lipinski definition) is 2. The van der Waals surface area contributed by atoms with E-state index in [0.717, 1.165) is 5.56 Å². The van der Waals surface area contributed by atoms with Gasteiger partial charge in [0.25, 0.3) is 5.91 Å². The highest BCUT2D eigenvalue weighted by Crippen LogP contribution is 2.11. The number of benzene rings is 2. The van der Waals surface area contributed by atoms with E-state index in [1.165, 1.54) is 24.3 Å². The first kappa shape index (κ1) is 18.9. The van der Waals surface area contributed by atoms with Gasteiger partial charge in [0.2, 0.25) is 5.91 Å². The van der Waals surface area contributed by atoms with Crippen molar-refractivity contribution in [1.29, 1.82) is 0 Å². The maximum atomic E-state index is 13.0. The summed E-state index contributed by atoms with van der Waals surface area (Å²) in [5, 5.41) is 6.10. The minimum absolute atomic E-state index is 0.108. The number of nitrogens with one attached hydrogen (secondary N) is 2. The summed E-state index contributed by atoms with van der Waals surface area (Å²) >= 11 is 5.92. The third kappa shape index (κ3) is 5.57. The van der Waals surface area contributed by atoms with E-state index in [9.17, 15) is 14.0 Å². The van der Waals surface area contributed by atoms with Crippen LogP contribution in [-0.2, 0) is 11.3 Å². The van der Waals surface area contributed by atoms with Crippen molar-refractivity contribution in [2.24, 2.45) is 5.92 Å². The molecule has 0 aliphatic heterocycles. The van der Waals surface area contributed by atoms with Gasteiger partial charge in [-0.1, -0.05) is 37.6 Å². The zero-order chi connectivity index (χ0) is 18.4. The Morgan fingerprint density at radius 2 is 1.80 bits per heavy atom. The molecular weight excluding hydrogens is 343 g/mol. The standard InChI is InChI=1S/C19H20ClFN2O2/c1-12(2)17(23-18(24)14-6-8-16(21)9-7-14)19(25)22-11-13-4-3-5-15(20)10-13/h3-10,12,17H,11H2,1-2H3,(H,22,25)(H,23,24). The van der Waals surface area contributed by atoms with Gasteiger partial charge in [-0.15, -0.1) is 0 Å². The van der Waals surface area contributed by atoms with Crippen LogP contribution < -0.4 is 10.6 Å². The number of amides is 2. The molecule has 0 spiro atoms. The van der Waals surface area contributed by atoms with Gasteiger partial charge in [-0.2, -0.15) is 0 Å². The minimum Gasteiger partial charge on any atom is -0.350 e. The molecule has 0 fully saturated rings. The van der Waals surface area contributed by atoms with E-state index in [1.54, 1.807) is 18.2 Å². The van der Waals surface area contributed by atoms with Crippen molar-refractivity contribution in [3.63, 3.8) is 0 Å². The Kier molecular flexibility index (Phi) is 6.53. The van der Waals surface area contributed by atoms with Crippen LogP contribution in [0.3, 0.4) is 0 Å². The van der Waals surface area contributed by atoms with Crippen molar-refractivity contribution in [2.45, 2.75) is 26.4 Å². The van der Waals surface area contributed by atoms with Crippen LogP contribution in [0.1, 0.15) is 29.8 Å². The van der Waals surface area contributed by atoms with Gasteiger partial charge in [-0.25, -0.2) is 4.39 Å². The molecule has 2 rings (SSSR count). The van der Waals surface area contributed by atoms with Gasteiger partial charge < -0.3 is 10.6 Å². The highest BCUT2D eigenvalue weighted by Gasteiger charge is 2.24. The second-order valence-corrected chi connectivity index (χ2v) is 6.49. The van der Waals surface area contributed by atoms with E-state index < -0.39 is 17.8 Å². The number of hydrogen-bond donors (Lipinski definition) is 2. The molecule has 6 heteroatoms. The largest absolute Gasteiger partial charge is 0.350 e. The molecule has 132 valence electrons. The van der Waals surface area contributed by atoms with E-state index in [0.29, 0.717) is 17.1 Å². The fourth-order valence-electron chi connectivity index (χ4n) is 2.31. The maximum Gasteiger partial charge on any atom is 0.251 e. The summed E-state index contributed by atoms with van der Waals surface area (Å²) in [7, 11) is 0. The molecule has 0 aromatic heterocycles. The van der Waals surface area contributed by atoms with E-state index in [-0.39, 0.29) is 11.8 Å². The quantitative estimate of drug-likeness (QED) is 0.825. The fourth-order valence-corrected chi connectivity index (χ4v) is 2.52. The van der Waals surface area contributed by atoms with Crippen LogP contribution in [0.15, 0.2) is 48.5 Å². The molecule has 0 saturated carbocycles. The number of rotatable bonds is 6. The smallest absolute Gasteiger partial charge is 0.251 e.